The highest BCUT2D eigenvalue weighted by atomic mass is 16.5. The van der Waals surface area contributed by atoms with Crippen LogP contribution in [0.3, 0.4) is 0 Å². The molecule has 0 bridgehead atoms. The Morgan fingerprint density at radius 1 is 1.19 bits per heavy atom. The molecular weight excluding hydrogens is 276 g/mol. The van der Waals surface area contributed by atoms with Gasteiger partial charge in [0.1, 0.15) is 5.75 Å². The van der Waals surface area contributed by atoms with Crippen molar-refractivity contribution in [2.75, 3.05) is 13.2 Å². The summed E-state index contributed by atoms with van der Waals surface area (Å²) in [5, 5.41) is 18.4. The number of ether oxygens (including phenoxy) is 2. The first-order valence-corrected chi connectivity index (χ1v) is 6.47. The van der Waals surface area contributed by atoms with E-state index in [9.17, 15) is 14.7 Å². The molecule has 6 heteroatoms. The number of aliphatic hydroxyl groups is 1. The van der Waals surface area contributed by atoms with E-state index in [1.165, 1.54) is 18.2 Å². The van der Waals surface area contributed by atoms with E-state index >= 15 is 0 Å². The molecule has 0 heterocycles. The Morgan fingerprint density at radius 2 is 1.86 bits per heavy atom. The third kappa shape index (κ3) is 5.66. The smallest absolute Gasteiger partial charge is 0.338 e. The fraction of sp³-hybridized carbons (Fsp3) is 0.333. The van der Waals surface area contributed by atoms with Gasteiger partial charge in [-0.25, -0.2) is 9.59 Å². The zero-order valence-electron chi connectivity index (χ0n) is 11.6. The average Bonchev–Trinajstić information content (AvgIpc) is 2.50. The zero-order chi connectivity index (χ0) is 15.7. The predicted molar refractivity (Wildman–Crippen MR) is 74.7 cm³/mol. The molecule has 0 atom stereocenters. The molecule has 21 heavy (non-hydrogen) atoms. The Labute approximate surface area is 122 Å². The van der Waals surface area contributed by atoms with E-state index in [0.29, 0.717) is 12.8 Å². The summed E-state index contributed by atoms with van der Waals surface area (Å²) in [7, 11) is 0. The fourth-order valence-corrected chi connectivity index (χ4v) is 1.52. The summed E-state index contributed by atoms with van der Waals surface area (Å²) in [4.78, 5) is 22.5. The van der Waals surface area contributed by atoms with Crippen LogP contribution in [-0.2, 0) is 20.9 Å². The van der Waals surface area contributed by atoms with Crippen LogP contribution in [0.2, 0.25) is 0 Å². The number of carbonyl (C=O) groups excluding carboxylic acids is 2. The molecule has 0 aromatic heterocycles. The molecule has 0 aliphatic heterocycles. The van der Waals surface area contributed by atoms with Crippen molar-refractivity contribution < 1.29 is 29.3 Å². The molecule has 1 rings (SSSR count). The molecule has 0 unspecified atom stereocenters. The number of hydrogen-bond acceptors (Lipinski definition) is 6. The number of benzene rings is 1. The number of carbonyl (C=O) groups is 2. The zero-order valence-corrected chi connectivity index (χ0v) is 11.6. The normalized spacial score (nSPS) is 9.95. The van der Waals surface area contributed by atoms with Crippen LogP contribution < -0.4 is 0 Å². The van der Waals surface area contributed by atoms with E-state index in [-0.39, 0.29) is 36.7 Å². The van der Waals surface area contributed by atoms with Crippen molar-refractivity contribution in [3.05, 3.63) is 42.0 Å². The van der Waals surface area contributed by atoms with Crippen molar-refractivity contribution in [2.45, 2.75) is 19.4 Å². The van der Waals surface area contributed by atoms with Gasteiger partial charge in [-0.15, -0.1) is 0 Å². The minimum Gasteiger partial charge on any atom is -0.508 e. The van der Waals surface area contributed by atoms with Crippen LogP contribution in [0.15, 0.2) is 30.9 Å². The average molecular weight is 294 g/mol. The Hall–Kier alpha value is -2.34. The summed E-state index contributed by atoms with van der Waals surface area (Å²) in [6.07, 6.45) is 2.22. The van der Waals surface area contributed by atoms with Gasteiger partial charge in [-0.3, -0.25) is 0 Å². The van der Waals surface area contributed by atoms with Crippen LogP contribution in [0.4, 0.5) is 0 Å². The van der Waals surface area contributed by atoms with E-state index in [1.807, 2.05) is 0 Å². The van der Waals surface area contributed by atoms with Gasteiger partial charge in [0.25, 0.3) is 0 Å². The first-order valence-electron chi connectivity index (χ1n) is 6.47. The fourth-order valence-electron chi connectivity index (χ4n) is 1.52. The van der Waals surface area contributed by atoms with E-state index < -0.39 is 11.9 Å². The van der Waals surface area contributed by atoms with Gasteiger partial charge < -0.3 is 19.7 Å². The van der Waals surface area contributed by atoms with Crippen molar-refractivity contribution in [2.24, 2.45) is 0 Å². The minimum absolute atomic E-state index is 0.0712. The Balaban J connectivity index is 2.31. The van der Waals surface area contributed by atoms with E-state index in [2.05, 4.69) is 6.58 Å². The molecule has 1 aromatic rings. The number of phenols is 1. The molecule has 0 aliphatic rings. The second-order valence-electron chi connectivity index (χ2n) is 4.22. The van der Waals surface area contributed by atoms with Crippen LogP contribution in [0.25, 0.3) is 0 Å². The van der Waals surface area contributed by atoms with Gasteiger partial charge in [0.15, 0.2) is 0 Å². The second-order valence-corrected chi connectivity index (χ2v) is 4.22. The lowest BCUT2D eigenvalue weighted by atomic mass is 10.1. The lowest BCUT2D eigenvalue weighted by molar-refractivity contribution is -0.137. The van der Waals surface area contributed by atoms with Crippen LogP contribution in [0, 0.1) is 0 Å². The number of rotatable bonds is 8. The van der Waals surface area contributed by atoms with Crippen molar-refractivity contribution in [3.63, 3.8) is 0 Å². The number of aliphatic hydroxyl groups excluding tert-OH is 1. The van der Waals surface area contributed by atoms with Gasteiger partial charge in [-0.1, -0.05) is 6.58 Å². The highest BCUT2D eigenvalue weighted by Gasteiger charge is 2.10. The number of aromatic hydroxyl groups is 1. The van der Waals surface area contributed by atoms with Crippen molar-refractivity contribution >= 4 is 11.9 Å². The highest BCUT2D eigenvalue weighted by molar-refractivity contribution is 5.89. The van der Waals surface area contributed by atoms with Gasteiger partial charge in [0.05, 0.1) is 25.4 Å². The second kappa shape index (κ2) is 8.76. The molecule has 0 fully saturated rings. The quantitative estimate of drug-likeness (QED) is 0.429. The number of hydrogen-bond donors (Lipinski definition) is 2. The number of esters is 2. The first-order chi connectivity index (χ1) is 10.1. The molecule has 0 spiro atoms. The molecule has 1 aromatic carbocycles. The van der Waals surface area contributed by atoms with Gasteiger partial charge in [-0.05, 0) is 31.0 Å². The Kier molecular flexibility index (Phi) is 6.97. The van der Waals surface area contributed by atoms with Crippen LogP contribution in [0.5, 0.6) is 5.75 Å². The van der Waals surface area contributed by atoms with Crippen LogP contribution in [0.1, 0.15) is 28.8 Å². The molecule has 0 aliphatic carbocycles. The van der Waals surface area contributed by atoms with E-state index in [1.54, 1.807) is 0 Å². The standard InChI is InChI=1S/C15H18O6/c1-2-14(18)20-7-3-4-8-21-15(19)11-5-6-13(17)12(9-11)10-16/h2,5-6,9,16-17H,1,3-4,7-8,10H2. The molecular formula is C15H18O6. The maximum Gasteiger partial charge on any atom is 0.338 e. The molecule has 0 saturated heterocycles. The van der Waals surface area contributed by atoms with Crippen LogP contribution in [-0.4, -0.2) is 35.4 Å². The molecule has 114 valence electrons. The third-order valence-electron chi connectivity index (χ3n) is 2.67. The lowest BCUT2D eigenvalue weighted by Gasteiger charge is -2.07. The molecule has 0 amide bonds. The van der Waals surface area contributed by atoms with Crippen molar-refractivity contribution in [1.82, 2.24) is 0 Å². The molecule has 2 N–H and O–H groups in total. The minimum atomic E-state index is -0.534. The topological polar surface area (TPSA) is 93.1 Å². The van der Waals surface area contributed by atoms with Crippen LogP contribution >= 0.6 is 0 Å². The van der Waals surface area contributed by atoms with Gasteiger partial charge in [0, 0.05) is 11.6 Å². The Morgan fingerprint density at radius 3 is 2.48 bits per heavy atom. The summed E-state index contributed by atoms with van der Waals surface area (Å²) < 4.78 is 9.81. The summed E-state index contributed by atoms with van der Waals surface area (Å²) in [5.41, 5.74) is 0.524. The number of unbranched alkanes of at least 4 members (excludes halogenated alkanes) is 1. The van der Waals surface area contributed by atoms with E-state index in [0.717, 1.165) is 6.08 Å². The van der Waals surface area contributed by atoms with Gasteiger partial charge >= 0.3 is 11.9 Å². The van der Waals surface area contributed by atoms with Gasteiger partial charge in [-0.2, -0.15) is 0 Å². The van der Waals surface area contributed by atoms with E-state index in [4.69, 9.17) is 14.6 Å². The summed E-state index contributed by atoms with van der Waals surface area (Å²) in [5.74, 6) is -1.08. The maximum atomic E-state index is 11.7. The lowest BCUT2D eigenvalue weighted by Crippen LogP contribution is -2.08. The summed E-state index contributed by atoms with van der Waals surface area (Å²) in [6, 6.07) is 4.13. The van der Waals surface area contributed by atoms with Crippen molar-refractivity contribution in [3.8, 4) is 5.75 Å². The molecule has 0 radical (unpaired) electrons. The predicted octanol–water partition coefficient (Wildman–Crippen LogP) is 1.55. The van der Waals surface area contributed by atoms with Crippen molar-refractivity contribution in [1.29, 1.82) is 0 Å². The first kappa shape index (κ1) is 16.7. The monoisotopic (exact) mass is 294 g/mol. The highest BCUT2D eigenvalue weighted by Crippen LogP contribution is 2.18. The third-order valence-corrected chi connectivity index (χ3v) is 2.67. The van der Waals surface area contributed by atoms with Gasteiger partial charge in [0.2, 0.25) is 0 Å². The maximum absolute atomic E-state index is 11.7. The largest absolute Gasteiger partial charge is 0.508 e. The molecule has 6 nitrogen and oxygen atoms in total. The Bertz CT molecular complexity index is 509. The SMILES string of the molecule is C=CC(=O)OCCCCOC(=O)c1ccc(O)c(CO)c1. The summed E-state index contributed by atoms with van der Waals surface area (Å²) >= 11 is 0. The summed E-state index contributed by atoms with van der Waals surface area (Å²) in [6.45, 7) is 3.35. The molecule has 0 saturated carbocycles.